The Kier molecular flexibility index (Phi) is 4.99. The molecule has 2 aromatic rings. The maximum Gasteiger partial charge on any atom is 0.135 e. The average molecular weight is 318 g/mol. The molecule has 0 aliphatic heterocycles. The van der Waals surface area contributed by atoms with Crippen LogP contribution in [-0.4, -0.2) is 12.2 Å². The normalized spacial score (nSPS) is 19.8. The third kappa shape index (κ3) is 3.86. The van der Waals surface area contributed by atoms with Gasteiger partial charge in [0.25, 0.3) is 0 Å². The molecule has 1 saturated carbocycles. The van der Waals surface area contributed by atoms with Gasteiger partial charge in [-0.15, -0.1) is 0 Å². The molecule has 1 aliphatic rings. The Bertz CT molecular complexity index is 687. The molecule has 0 spiro atoms. The Morgan fingerprint density at radius 3 is 1.38 bits per heavy atom. The third-order valence-electron chi connectivity index (χ3n) is 4.18. The van der Waals surface area contributed by atoms with Gasteiger partial charge in [0, 0.05) is 0 Å². The second kappa shape index (κ2) is 7.53. The summed E-state index contributed by atoms with van der Waals surface area (Å²) in [7, 11) is 0. The van der Waals surface area contributed by atoms with Crippen LogP contribution in [0.3, 0.4) is 0 Å². The molecule has 4 nitrogen and oxygen atoms in total. The van der Waals surface area contributed by atoms with E-state index < -0.39 is 0 Å². The van der Waals surface area contributed by atoms with Crippen molar-refractivity contribution in [1.82, 2.24) is 0 Å². The summed E-state index contributed by atoms with van der Waals surface area (Å²) in [4.78, 5) is 0. The second-order valence-corrected chi connectivity index (χ2v) is 5.87. The Labute approximate surface area is 141 Å². The lowest BCUT2D eigenvalue weighted by molar-refractivity contribution is 0.0232. The van der Waals surface area contributed by atoms with E-state index in [9.17, 15) is 0 Å². The minimum atomic E-state index is -0.0117. The highest BCUT2D eigenvalue weighted by atomic mass is 16.5. The van der Waals surface area contributed by atoms with E-state index in [0.29, 0.717) is 11.1 Å². The van der Waals surface area contributed by atoms with E-state index in [1.807, 2.05) is 24.3 Å². The van der Waals surface area contributed by atoms with Crippen molar-refractivity contribution in [2.45, 2.75) is 37.9 Å². The number of ether oxygens (including phenoxy) is 2. The largest absolute Gasteiger partial charge is 0.487 e. The second-order valence-electron chi connectivity index (χ2n) is 5.87. The van der Waals surface area contributed by atoms with E-state index in [2.05, 4.69) is 12.1 Å². The molecule has 0 unspecified atom stereocenters. The van der Waals surface area contributed by atoms with Gasteiger partial charge < -0.3 is 9.47 Å². The molecule has 0 N–H and O–H groups in total. The average Bonchev–Trinajstić information content (AvgIpc) is 2.64. The van der Waals surface area contributed by atoms with Crippen LogP contribution >= 0.6 is 0 Å². The summed E-state index contributed by atoms with van der Waals surface area (Å²) < 4.78 is 12.2. The molecule has 120 valence electrons. The van der Waals surface area contributed by atoms with Gasteiger partial charge in [-0.3, -0.25) is 0 Å². The highest BCUT2D eigenvalue weighted by Crippen LogP contribution is 2.28. The van der Waals surface area contributed by atoms with Crippen molar-refractivity contribution in [2.24, 2.45) is 0 Å². The van der Waals surface area contributed by atoms with Crippen LogP contribution in [0.2, 0.25) is 0 Å². The Morgan fingerprint density at radius 2 is 1.04 bits per heavy atom. The Morgan fingerprint density at radius 1 is 0.667 bits per heavy atom. The molecular weight excluding hydrogens is 300 g/mol. The summed E-state index contributed by atoms with van der Waals surface area (Å²) in [5, 5.41) is 17.7. The first kappa shape index (κ1) is 15.9. The molecule has 0 bridgehead atoms. The molecule has 0 saturated heterocycles. The first-order valence-electron chi connectivity index (χ1n) is 8.12. The first-order valence-corrected chi connectivity index (χ1v) is 8.12. The van der Waals surface area contributed by atoms with Crippen LogP contribution in [0.15, 0.2) is 48.5 Å². The maximum atomic E-state index is 8.86. The summed E-state index contributed by atoms with van der Waals surface area (Å²) in [6.07, 6.45) is 4.11. The van der Waals surface area contributed by atoms with Gasteiger partial charge in [0.05, 0.1) is 23.3 Å². The predicted molar refractivity (Wildman–Crippen MR) is 89.6 cm³/mol. The molecule has 4 heteroatoms. The van der Waals surface area contributed by atoms with Crippen LogP contribution in [0.25, 0.3) is 0 Å². The lowest BCUT2D eigenvalue weighted by Gasteiger charge is -2.32. The number of benzene rings is 2. The molecule has 1 fully saturated rings. The zero-order valence-electron chi connectivity index (χ0n) is 13.3. The molecule has 0 aromatic heterocycles. The molecule has 0 heterocycles. The lowest BCUT2D eigenvalue weighted by Crippen LogP contribution is -2.39. The van der Waals surface area contributed by atoms with Gasteiger partial charge in [-0.05, 0) is 74.2 Å². The molecule has 2 aromatic carbocycles. The molecule has 24 heavy (non-hydrogen) atoms. The van der Waals surface area contributed by atoms with Crippen molar-refractivity contribution in [3.8, 4) is 23.6 Å². The zero-order valence-corrected chi connectivity index (χ0v) is 13.3. The van der Waals surface area contributed by atoms with Crippen LogP contribution in [0.1, 0.15) is 36.8 Å². The van der Waals surface area contributed by atoms with Gasteiger partial charge in [0.2, 0.25) is 0 Å². The molecule has 3 rings (SSSR count). The van der Waals surface area contributed by atoms with Crippen LogP contribution in [0, 0.1) is 22.7 Å². The smallest absolute Gasteiger partial charge is 0.135 e. The van der Waals surface area contributed by atoms with Gasteiger partial charge in [-0.2, -0.15) is 10.5 Å². The molecule has 1 aliphatic carbocycles. The summed E-state index contributed by atoms with van der Waals surface area (Å²) >= 11 is 0. The van der Waals surface area contributed by atoms with Crippen molar-refractivity contribution in [3.05, 3.63) is 59.7 Å². The van der Waals surface area contributed by atoms with Crippen molar-refractivity contribution in [3.63, 3.8) is 0 Å². The maximum absolute atomic E-state index is 8.86. The fourth-order valence-electron chi connectivity index (χ4n) is 2.90. The number of hydrogen-bond donors (Lipinski definition) is 0. The Balaban J connectivity index is 1.68. The van der Waals surface area contributed by atoms with Gasteiger partial charge >= 0.3 is 0 Å². The van der Waals surface area contributed by atoms with E-state index in [4.69, 9.17) is 20.0 Å². The van der Waals surface area contributed by atoms with Crippen molar-refractivity contribution in [1.29, 1.82) is 10.5 Å². The molecule has 0 radical (unpaired) electrons. The van der Waals surface area contributed by atoms with Crippen molar-refractivity contribution < 1.29 is 9.47 Å². The van der Waals surface area contributed by atoms with Gasteiger partial charge in [-0.25, -0.2) is 0 Å². The van der Waals surface area contributed by atoms with Gasteiger partial charge in [0.1, 0.15) is 23.7 Å². The van der Waals surface area contributed by atoms with Gasteiger partial charge in [-0.1, -0.05) is 0 Å². The van der Waals surface area contributed by atoms with Gasteiger partial charge in [0.15, 0.2) is 0 Å². The quantitative estimate of drug-likeness (QED) is 0.847. The highest BCUT2D eigenvalue weighted by molar-refractivity contribution is 5.35. The minimum Gasteiger partial charge on any atom is -0.487 e. The van der Waals surface area contributed by atoms with Crippen molar-refractivity contribution >= 4 is 0 Å². The highest BCUT2D eigenvalue weighted by Gasteiger charge is 2.28. The minimum absolute atomic E-state index is 0.0117. The predicted octanol–water partition coefficient (Wildman–Crippen LogP) is 4.20. The van der Waals surface area contributed by atoms with Crippen molar-refractivity contribution in [2.75, 3.05) is 0 Å². The number of rotatable bonds is 4. The summed E-state index contributed by atoms with van der Waals surface area (Å²) in [6.45, 7) is 0. The molecule has 0 amide bonds. The topological polar surface area (TPSA) is 66.0 Å². The molecule has 2 atom stereocenters. The first-order chi connectivity index (χ1) is 11.8. The number of nitriles is 2. The lowest BCUT2D eigenvalue weighted by atomic mass is 9.94. The fraction of sp³-hybridized carbons (Fsp3) is 0.300. The zero-order chi connectivity index (χ0) is 16.8. The van der Waals surface area contributed by atoms with E-state index in [0.717, 1.165) is 37.2 Å². The summed E-state index contributed by atoms with van der Waals surface area (Å²) in [5.41, 5.74) is 1.24. The van der Waals surface area contributed by atoms with Crippen LogP contribution < -0.4 is 9.47 Å². The van der Waals surface area contributed by atoms with E-state index in [1.165, 1.54) is 0 Å². The Hall–Kier alpha value is -2.98. The van der Waals surface area contributed by atoms with E-state index in [-0.39, 0.29) is 12.2 Å². The third-order valence-corrected chi connectivity index (χ3v) is 4.18. The van der Waals surface area contributed by atoms with Crippen LogP contribution in [0.4, 0.5) is 0 Å². The number of nitrogens with zero attached hydrogens (tertiary/aromatic N) is 2. The summed E-state index contributed by atoms with van der Waals surface area (Å²) in [6, 6.07) is 18.5. The molecular formula is C20H18N2O2. The van der Waals surface area contributed by atoms with Crippen LogP contribution in [-0.2, 0) is 0 Å². The number of hydrogen-bond acceptors (Lipinski definition) is 4. The van der Waals surface area contributed by atoms with E-state index >= 15 is 0 Å². The van der Waals surface area contributed by atoms with E-state index in [1.54, 1.807) is 24.3 Å². The standard InChI is InChI=1S/C20H18N2O2/c21-13-15-5-9-17(10-6-15)23-19-3-1-2-4-20(19)24-18-11-7-16(14-22)8-12-18/h5-12,19-20H,1-4H2/t19-,20-/m0/s1. The van der Waals surface area contributed by atoms with Crippen LogP contribution in [0.5, 0.6) is 11.5 Å². The fourth-order valence-corrected chi connectivity index (χ4v) is 2.90. The SMILES string of the molecule is N#Cc1ccc(O[C@H]2CCCC[C@@H]2Oc2ccc(C#N)cc2)cc1. The summed E-state index contributed by atoms with van der Waals surface area (Å²) in [5.74, 6) is 1.52. The monoisotopic (exact) mass is 318 g/mol.